The van der Waals surface area contributed by atoms with Crippen LogP contribution in [0.1, 0.15) is 24.4 Å². The Bertz CT molecular complexity index is 430. The molecule has 0 aliphatic heterocycles. The Labute approximate surface area is 108 Å². The topological polar surface area (TPSA) is 46.9 Å². The molecule has 4 nitrogen and oxygen atoms in total. The van der Waals surface area contributed by atoms with Crippen LogP contribution < -0.4 is 5.32 Å². The molecule has 0 bridgehead atoms. The Morgan fingerprint density at radius 1 is 1.61 bits per heavy atom. The monoisotopic (exact) mass is 281 g/mol. The molecule has 0 aliphatic carbocycles. The summed E-state index contributed by atoms with van der Waals surface area (Å²) < 4.78 is 38.5. The van der Waals surface area contributed by atoms with Crippen LogP contribution in [-0.4, -0.2) is 28.0 Å². The summed E-state index contributed by atoms with van der Waals surface area (Å²) >= 11 is 3.93. The molecule has 1 aromatic rings. The van der Waals surface area contributed by atoms with Gasteiger partial charge in [-0.25, -0.2) is 0 Å². The molecule has 1 N–H and O–H groups in total. The van der Waals surface area contributed by atoms with Crippen molar-refractivity contribution in [1.29, 1.82) is 0 Å². The summed E-state index contributed by atoms with van der Waals surface area (Å²) in [5.41, 5.74) is -0.704. The maximum absolute atomic E-state index is 12.5. The number of hydrogen-bond donors (Lipinski definition) is 2. The minimum absolute atomic E-state index is 0.288. The van der Waals surface area contributed by atoms with Gasteiger partial charge in [0.15, 0.2) is 5.69 Å². The van der Waals surface area contributed by atoms with Gasteiger partial charge in [0, 0.05) is 18.0 Å². The number of aromatic nitrogens is 2. The van der Waals surface area contributed by atoms with Crippen molar-refractivity contribution in [3.63, 3.8) is 0 Å². The Balaban J connectivity index is 2.89. The van der Waals surface area contributed by atoms with Gasteiger partial charge >= 0.3 is 6.18 Å². The van der Waals surface area contributed by atoms with Crippen molar-refractivity contribution >= 4 is 18.5 Å². The third kappa shape index (κ3) is 3.41. The predicted octanol–water partition coefficient (Wildman–Crippen LogP) is 1.82. The first kappa shape index (κ1) is 14.9. The summed E-state index contributed by atoms with van der Waals surface area (Å²) in [6.07, 6.45) is -4.50. The van der Waals surface area contributed by atoms with Crippen LogP contribution in [-0.2, 0) is 11.0 Å². The Hall–Kier alpha value is -1.18. The van der Waals surface area contributed by atoms with Crippen LogP contribution in [0.5, 0.6) is 0 Å². The minimum Gasteiger partial charge on any atom is -0.353 e. The fourth-order valence-electron chi connectivity index (χ4n) is 1.46. The molecule has 0 saturated carbocycles. The van der Waals surface area contributed by atoms with E-state index in [1.165, 1.54) is 13.8 Å². The number of halogens is 3. The van der Waals surface area contributed by atoms with Gasteiger partial charge in [-0.3, -0.25) is 9.48 Å². The van der Waals surface area contributed by atoms with E-state index in [9.17, 15) is 18.0 Å². The molecule has 1 unspecified atom stereocenters. The van der Waals surface area contributed by atoms with E-state index in [0.29, 0.717) is 12.3 Å². The molecule has 0 radical (unpaired) electrons. The van der Waals surface area contributed by atoms with E-state index in [-0.39, 0.29) is 11.6 Å². The molecule has 0 saturated heterocycles. The van der Waals surface area contributed by atoms with Crippen LogP contribution in [0, 0.1) is 6.92 Å². The number of nitrogens with zero attached hydrogens (tertiary/aromatic N) is 2. The Morgan fingerprint density at radius 2 is 2.22 bits per heavy atom. The second-order valence-electron chi connectivity index (χ2n) is 3.80. The third-order valence-corrected chi connectivity index (χ3v) is 2.59. The molecule has 102 valence electrons. The van der Waals surface area contributed by atoms with E-state index in [1.54, 1.807) is 0 Å². The van der Waals surface area contributed by atoms with Gasteiger partial charge in [0.25, 0.3) is 0 Å². The van der Waals surface area contributed by atoms with Crippen LogP contribution in [0.25, 0.3) is 0 Å². The number of thiol groups is 1. The highest BCUT2D eigenvalue weighted by Crippen LogP contribution is 2.29. The highest BCUT2D eigenvalue weighted by Gasteiger charge is 2.35. The van der Waals surface area contributed by atoms with E-state index in [0.717, 1.165) is 10.7 Å². The van der Waals surface area contributed by atoms with Crippen LogP contribution in [0.4, 0.5) is 13.2 Å². The molecule has 1 amide bonds. The average Bonchev–Trinajstić information content (AvgIpc) is 2.66. The van der Waals surface area contributed by atoms with Crippen molar-refractivity contribution in [3.8, 4) is 0 Å². The maximum atomic E-state index is 12.5. The smallest absolute Gasteiger partial charge is 0.353 e. The van der Waals surface area contributed by atoms with E-state index in [2.05, 4.69) is 23.0 Å². The zero-order valence-corrected chi connectivity index (χ0v) is 10.8. The van der Waals surface area contributed by atoms with Gasteiger partial charge in [-0.2, -0.15) is 30.9 Å². The largest absolute Gasteiger partial charge is 0.435 e. The molecule has 8 heteroatoms. The first-order valence-electron chi connectivity index (χ1n) is 5.29. The van der Waals surface area contributed by atoms with E-state index >= 15 is 0 Å². The molecule has 1 rings (SSSR count). The lowest BCUT2D eigenvalue weighted by molar-refractivity contribution is -0.142. The number of hydrogen-bond acceptors (Lipinski definition) is 3. The molecule has 0 spiro atoms. The molecular weight excluding hydrogens is 267 g/mol. The Kier molecular flexibility index (Phi) is 4.66. The van der Waals surface area contributed by atoms with Gasteiger partial charge in [-0.05, 0) is 19.9 Å². The number of nitrogens with one attached hydrogen (secondary N) is 1. The number of carbonyl (C=O) groups excluding carboxylic acids is 1. The minimum atomic E-state index is -4.50. The third-order valence-electron chi connectivity index (χ3n) is 2.37. The molecule has 0 aliphatic rings. The molecule has 18 heavy (non-hydrogen) atoms. The van der Waals surface area contributed by atoms with E-state index in [4.69, 9.17) is 0 Å². The zero-order chi connectivity index (χ0) is 13.9. The lowest BCUT2D eigenvalue weighted by atomic mass is 10.3. The molecule has 1 heterocycles. The standard InChI is InChI=1S/C10H14F3N3OS/c1-6-5-8(10(11,12)13)15-16(6)7(2)9(17)14-3-4-18/h5,7,18H,3-4H2,1-2H3,(H,14,17). The van der Waals surface area contributed by atoms with Gasteiger partial charge in [0.1, 0.15) is 6.04 Å². The van der Waals surface area contributed by atoms with Gasteiger partial charge in [-0.1, -0.05) is 0 Å². The number of alkyl halides is 3. The first-order valence-corrected chi connectivity index (χ1v) is 5.92. The summed E-state index contributed by atoms with van der Waals surface area (Å²) in [6, 6.07) is 0.128. The highest BCUT2D eigenvalue weighted by molar-refractivity contribution is 7.80. The second-order valence-corrected chi connectivity index (χ2v) is 4.25. The number of rotatable bonds is 4. The van der Waals surface area contributed by atoms with Crippen molar-refractivity contribution in [2.45, 2.75) is 26.1 Å². The first-order chi connectivity index (χ1) is 8.27. The van der Waals surface area contributed by atoms with E-state index in [1.807, 2.05) is 0 Å². The normalized spacial score (nSPS) is 13.4. The van der Waals surface area contributed by atoms with Crippen LogP contribution in [0.15, 0.2) is 6.07 Å². The molecule has 0 fully saturated rings. The van der Waals surface area contributed by atoms with Gasteiger partial charge < -0.3 is 5.32 Å². The SMILES string of the molecule is Cc1cc(C(F)(F)F)nn1C(C)C(=O)NCCS. The second kappa shape index (κ2) is 5.64. The number of amides is 1. The lowest BCUT2D eigenvalue weighted by Crippen LogP contribution is -2.33. The number of aryl methyl sites for hydroxylation is 1. The van der Waals surface area contributed by atoms with Crippen molar-refractivity contribution in [3.05, 3.63) is 17.5 Å². The van der Waals surface area contributed by atoms with Gasteiger partial charge in [0.05, 0.1) is 0 Å². The predicted molar refractivity (Wildman–Crippen MR) is 63.5 cm³/mol. The van der Waals surface area contributed by atoms with Gasteiger partial charge in [0.2, 0.25) is 5.91 Å². The highest BCUT2D eigenvalue weighted by atomic mass is 32.1. The van der Waals surface area contributed by atoms with Crippen molar-refractivity contribution in [1.82, 2.24) is 15.1 Å². The molecule has 1 atom stereocenters. The fourth-order valence-corrected chi connectivity index (χ4v) is 1.57. The van der Waals surface area contributed by atoms with Crippen molar-refractivity contribution in [2.24, 2.45) is 0 Å². The van der Waals surface area contributed by atoms with Crippen LogP contribution in [0.3, 0.4) is 0 Å². The molecule has 1 aromatic heterocycles. The summed E-state index contributed by atoms with van der Waals surface area (Å²) in [7, 11) is 0. The van der Waals surface area contributed by atoms with Crippen molar-refractivity contribution in [2.75, 3.05) is 12.3 Å². The fraction of sp³-hybridized carbons (Fsp3) is 0.600. The molecule has 0 aromatic carbocycles. The summed E-state index contributed by atoms with van der Waals surface area (Å²) in [6.45, 7) is 3.33. The summed E-state index contributed by atoms with van der Waals surface area (Å²) in [5.74, 6) is 0.0774. The van der Waals surface area contributed by atoms with E-state index < -0.39 is 17.9 Å². The lowest BCUT2D eigenvalue weighted by Gasteiger charge is -2.14. The van der Waals surface area contributed by atoms with Gasteiger partial charge in [-0.15, -0.1) is 0 Å². The van der Waals surface area contributed by atoms with Crippen molar-refractivity contribution < 1.29 is 18.0 Å². The maximum Gasteiger partial charge on any atom is 0.435 e. The summed E-state index contributed by atoms with van der Waals surface area (Å²) in [4.78, 5) is 11.6. The zero-order valence-electron chi connectivity index (χ0n) is 9.95. The quantitative estimate of drug-likeness (QED) is 0.827. The Morgan fingerprint density at radius 3 is 2.67 bits per heavy atom. The average molecular weight is 281 g/mol. The van der Waals surface area contributed by atoms with Crippen LogP contribution in [0.2, 0.25) is 0 Å². The summed E-state index contributed by atoms with van der Waals surface area (Å²) in [5, 5.41) is 5.97. The number of carbonyl (C=O) groups is 1. The molecular formula is C10H14F3N3OS. The van der Waals surface area contributed by atoms with Crippen LogP contribution >= 0.6 is 12.6 Å².